The molecular weight excluding hydrogens is 815 g/mol. The van der Waals surface area contributed by atoms with Crippen molar-refractivity contribution in [2.24, 2.45) is 0 Å². The van der Waals surface area contributed by atoms with E-state index in [-0.39, 0.29) is 17.6 Å². The average Bonchev–Trinajstić information content (AvgIpc) is 4.06. The van der Waals surface area contributed by atoms with Gasteiger partial charge in [-0.1, -0.05) is 123 Å². The van der Waals surface area contributed by atoms with Gasteiger partial charge in [0.25, 0.3) is 0 Å². The molecule has 13 aromatic rings. The molecule has 9 aromatic carbocycles. The predicted octanol–water partition coefficient (Wildman–Crippen LogP) is 17.4. The van der Waals surface area contributed by atoms with E-state index < -0.39 is 0 Å². The second-order valence-electron chi connectivity index (χ2n) is 16.8. The number of nitrogens with zero attached hydrogens (tertiary/aromatic N) is 2. The van der Waals surface area contributed by atoms with Crippen molar-refractivity contribution in [1.82, 2.24) is 9.13 Å². The van der Waals surface area contributed by atoms with Gasteiger partial charge in [0, 0.05) is 89.7 Å². The number of para-hydroxylation sites is 2. The molecule has 0 saturated heterocycles. The van der Waals surface area contributed by atoms with Crippen molar-refractivity contribution < 1.29 is 8.78 Å². The second kappa shape index (κ2) is 13.7. The molecule has 0 unspecified atom stereocenters. The number of hydrogen-bond donors (Lipinski definition) is 0. The Bertz CT molecular complexity index is 3790. The predicted molar refractivity (Wildman–Crippen MR) is 266 cm³/mol. The molecule has 0 saturated carbocycles. The van der Waals surface area contributed by atoms with Crippen molar-refractivity contribution in [3.63, 3.8) is 0 Å². The maximum atomic E-state index is 16.8. The van der Waals surface area contributed by atoms with Gasteiger partial charge in [0.2, 0.25) is 0 Å². The molecule has 6 heteroatoms. The van der Waals surface area contributed by atoms with Gasteiger partial charge in [-0.2, -0.15) is 0 Å². The van der Waals surface area contributed by atoms with Gasteiger partial charge in [-0.05, 0) is 72.6 Å². The molecule has 0 aliphatic rings. The highest BCUT2D eigenvalue weighted by molar-refractivity contribution is 7.26. The fourth-order valence-electron chi connectivity index (χ4n) is 10.5. The van der Waals surface area contributed by atoms with Gasteiger partial charge >= 0.3 is 0 Å². The van der Waals surface area contributed by atoms with Gasteiger partial charge in [0.15, 0.2) is 0 Å². The van der Waals surface area contributed by atoms with Gasteiger partial charge in [0.05, 0.1) is 33.4 Å². The molecule has 300 valence electrons. The highest BCUT2D eigenvalue weighted by Gasteiger charge is 2.31. The topological polar surface area (TPSA) is 9.86 Å². The van der Waals surface area contributed by atoms with Crippen molar-refractivity contribution in [3.8, 4) is 33.6 Å². The van der Waals surface area contributed by atoms with E-state index in [1.807, 2.05) is 46.9 Å². The lowest BCUT2D eigenvalue weighted by Gasteiger charge is -2.28. The van der Waals surface area contributed by atoms with E-state index in [0.717, 1.165) is 60.5 Å². The van der Waals surface area contributed by atoms with E-state index in [0.29, 0.717) is 22.3 Å². The molecule has 0 aliphatic heterocycles. The van der Waals surface area contributed by atoms with Gasteiger partial charge < -0.3 is 9.13 Å². The lowest BCUT2D eigenvalue weighted by molar-refractivity contribution is 0.631. The molecule has 0 atom stereocenters. The summed E-state index contributed by atoms with van der Waals surface area (Å²) in [7, 11) is 0. The number of aromatic nitrogens is 2. The summed E-state index contributed by atoms with van der Waals surface area (Å²) in [4.78, 5) is 0. The first-order chi connectivity index (χ1) is 31.0. The number of hydrogen-bond acceptors (Lipinski definition) is 2. The molecule has 0 amide bonds. The van der Waals surface area contributed by atoms with Crippen molar-refractivity contribution in [1.29, 1.82) is 0 Å². The third-order valence-electron chi connectivity index (χ3n) is 13.0. The molecule has 0 bridgehead atoms. The monoisotopic (exact) mass is 850 g/mol. The highest BCUT2D eigenvalue weighted by atomic mass is 32.1. The Hall–Kier alpha value is -7.12. The van der Waals surface area contributed by atoms with Gasteiger partial charge in [0.1, 0.15) is 11.6 Å². The standard InChI is InChI=1S/C57H36F2N2S2/c1-32(2)51-56(60-43-23-11-5-17-35(43)52-45(60)27-29-49-54(52)37-19-7-13-25-47(37)62-49)39(33-15-3-9-21-41(33)58)31-40(34-16-4-10-22-42(34)59)57(51)61-44-24-12-6-18-36(44)53-46(61)28-30-50-55(53)38-20-8-14-26-48(38)63-50/h3-32H,1-2H3. The Balaban J connectivity index is 1.29. The van der Waals surface area contributed by atoms with Crippen LogP contribution >= 0.6 is 22.7 Å². The Morgan fingerprint density at radius 1 is 0.365 bits per heavy atom. The molecule has 63 heavy (non-hydrogen) atoms. The largest absolute Gasteiger partial charge is 0.308 e. The van der Waals surface area contributed by atoms with Crippen LogP contribution in [-0.4, -0.2) is 9.13 Å². The fourth-order valence-corrected chi connectivity index (χ4v) is 12.7. The maximum Gasteiger partial charge on any atom is 0.131 e. The van der Waals surface area contributed by atoms with E-state index in [9.17, 15) is 0 Å². The van der Waals surface area contributed by atoms with E-state index >= 15 is 8.78 Å². The van der Waals surface area contributed by atoms with Gasteiger partial charge in [-0.25, -0.2) is 8.78 Å². The van der Waals surface area contributed by atoms with Crippen molar-refractivity contribution in [2.75, 3.05) is 0 Å². The number of halogens is 2. The van der Waals surface area contributed by atoms with Crippen LogP contribution in [0.3, 0.4) is 0 Å². The summed E-state index contributed by atoms with van der Waals surface area (Å²) >= 11 is 3.62. The molecule has 4 aromatic heterocycles. The van der Waals surface area contributed by atoms with E-state index in [4.69, 9.17) is 0 Å². The van der Waals surface area contributed by atoms with Gasteiger partial charge in [-0.15, -0.1) is 22.7 Å². The zero-order valence-corrected chi connectivity index (χ0v) is 35.9. The van der Waals surface area contributed by atoms with Gasteiger partial charge in [-0.3, -0.25) is 0 Å². The number of benzene rings is 9. The minimum absolute atomic E-state index is 0.115. The third kappa shape index (κ3) is 5.13. The second-order valence-corrected chi connectivity index (χ2v) is 18.9. The van der Waals surface area contributed by atoms with Crippen molar-refractivity contribution in [2.45, 2.75) is 19.8 Å². The van der Waals surface area contributed by atoms with Crippen LogP contribution in [0.25, 0.3) is 118 Å². The summed E-state index contributed by atoms with van der Waals surface area (Å²) in [5, 5.41) is 9.46. The zero-order chi connectivity index (χ0) is 42.1. The van der Waals surface area contributed by atoms with Crippen LogP contribution in [-0.2, 0) is 0 Å². The average molecular weight is 851 g/mol. The molecule has 13 rings (SSSR count). The molecule has 0 radical (unpaired) electrons. The van der Waals surface area contributed by atoms with Crippen LogP contribution in [0.5, 0.6) is 0 Å². The van der Waals surface area contributed by atoms with Crippen LogP contribution in [0.4, 0.5) is 8.78 Å². The number of rotatable bonds is 5. The highest BCUT2D eigenvalue weighted by Crippen LogP contribution is 2.52. The fraction of sp³-hybridized carbons (Fsp3) is 0.0526. The minimum atomic E-state index is -0.337. The molecule has 0 N–H and O–H groups in total. The van der Waals surface area contributed by atoms with Crippen molar-refractivity contribution in [3.05, 3.63) is 193 Å². The Morgan fingerprint density at radius 3 is 1.21 bits per heavy atom. The maximum absolute atomic E-state index is 16.8. The van der Waals surface area contributed by atoms with Crippen LogP contribution in [0.1, 0.15) is 25.3 Å². The van der Waals surface area contributed by atoms with Crippen molar-refractivity contribution >= 4 is 107 Å². The summed E-state index contributed by atoms with van der Waals surface area (Å²) in [5.74, 6) is -0.788. The molecule has 0 fully saturated rings. The van der Waals surface area contributed by atoms with E-state index in [2.05, 4.69) is 150 Å². The Morgan fingerprint density at radius 2 is 0.762 bits per heavy atom. The normalized spacial score (nSPS) is 12.3. The summed E-state index contributed by atoms with van der Waals surface area (Å²) in [6, 6.07) is 59.6. The Labute approximate surface area is 369 Å². The summed E-state index contributed by atoms with van der Waals surface area (Å²) < 4.78 is 43.2. The Kier molecular flexibility index (Phi) is 7.94. The van der Waals surface area contributed by atoms with Crippen LogP contribution < -0.4 is 0 Å². The third-order valence-corrected chi connectivity index (χ3v) is 15.3. The van der Waals surface area contributed by atoms with E-state index in [1.165, 1.54) is 52.5 Å². The van der Waals surface area contributed by atoms with E-state index in [1.54, 1.807) is 12.1 Å². The lowest BCUT2D eigenvalue weighted by Crippen LogP contribution is -2.12. The molecule has 0 spiro atoms. The number of thiophene rings is 2. The first kappa shape index (κ1) is 36.5. The summed E-state index contributed by atoms with van der Waals surface area (Å²) in [6.45, 7) is 4.44. The quantitative estimate of drug-likeness (QED) is 0.163. The molecule has 0 aliphatic carbocycles. The lowest BCUT2D eigenvalue weighted by atomic mass is 9.86. The SMILES string of the molecule is CC(C)c1c(-n2c3ccccc3c3c4c(ccc32)sc2ccccc24)c(-c2ccccc2F)cc(-c2ccccc2F)c1-n1c2ccccc2c2c3c(ccc21)sc1ccccc13. The smallest absolute Gasteiger partial charge is 0.131 e. The summed E-state index contributed by atoms with van der Waals surface area (Å²) in [6.07, 6.45) is 0. The first-order valence-electron chi connectivity index (χ1n) is 21.3. The molecule has 4 heterocycles. The number of fused-ring (bicyclic) bond motifs is 14. The van der Waals surface area contributed by atoms with Crippen LogP contribution in [0.15, 0.2) is 176 Å². The van der Waals surface area contributed by atoms with Crippen LogP contribution in [0, 0.1) is 11.6 Å². The zero-order valence-electron chi connectivity index (χ0n) is 34.3. The minimum Gasteiger partial charge on any atom is -0.308 e. The molecule has 2 nitrogen and oxygen atoms in total. The first-order valence-corrected chi connectivity index (χ1v) is 23.0. The van der Waals surface area contributed by atoms with Crippen LogP contribution in [0.2, 0.25) is 0 Å². The summed E-state index contributed by atoms with van der Waals surface area (Å²) in [5.41, 5.74) is 9.17. The molecular formula is C57H36F2N2S2.